The summed E-state index contributed by atoms with van der Waals surface area (Å²) < 4.78 is 79.3. The first-order valence-electron chi connectivity index (χ1n) is 13.8. The zero-order valence-corrected chi connectivity index (χ0v) is 23.9. The number of nitrogens with zero attached hydrogens (tertiary/aromatic N) is 1. The van der Waals surface area contributed by atoms with E-state index in [2.05, 4.69) is 20.4 Å². The molecule has 1 saturated heterocycles. The fourth-order valence-corrected chi connectivity index (χ4v) is 4.36. The number of esters is 1. The van der Waals surface area contributed by atoms with E-state index in [0.717, 1.165) is 12.1 Å². The number of carbonyl (C=O) groups excluding carboxylic acids is 3. The number of oxazole rings is 1. The summed E-state index contributed by atoms with van der Waals surface area (Å²) in [5.74, 6) is -3.55. The molecule has 12 nitrogen and oxygen atoms in total. The number of hydrogen-bond donors (Lipinski definition) is 3. The molecule has 2 amide bonds. The van der Waals surface area contributed by atoms with E-state index in [1.165, 1.54) is 25.1 Å². The van der Waals surface area contributed by atoms with Crippen molar-refractivity contribution in [1.29, 1.82) is 0 Å². The van der Waals surface area contributed by atoms with Gasteiger partial charge in [-0.1, -0.05) is 6.07 Å². The molecule has 45 heavy (non-hydrogen) atoms. The molecule has 1 aliphatic rings. The lowest BCUT2D eigenvalue weighted by atomic mass is 10.2. The van der Waals surface area contributed by atoms with Crippen molar-refractivity contribution < 1.29 is 55.3 Å². The summed E-state index contributed by atoms with van der Waals surface area (Å²) in [6.45, 7) is -1.14. The van der Waals surface area contributed by atoms with Crippen molar-refractivity contribution in [2.24, 2.45) is 5.73 Å². The SMILES string of the molecule is C[C@H](OC(N)=O)c1oc(-c2ccc(OC(F)F)c(OCCCCNC3CCOC3=O)c2)nc1C(=O)NCc1ccc(F)cc1F. The number of primary amides is 1. The molecule has 2 aromatic carbocycles. The van der Waals surface area contributed by atoms with Crippen LogP contribution < -0.4 is 25.8 Å². The first-order chi connectivity index (χ1) is 21.5. The van der Waals surface area contributed by atoms with Crippen LogP contribution in [-0.4, -0.2) is 55.4 Å². The number of nitrogens with two attached hydrogens (primary N) is 1. The van der Waals surface area contributed by atoms with Crippen LogP contribution in [0.5, 0.6) is 11.5 Å². The van der Waals surface area contributed by atoms with Crippen LogP contribution in [0.1, 0.15) is 54.1 Å². The van der Waals surface area contributed by atoms with Crippen molar-refractivity contribution >= 4 is 18.0 Å². The van der Waals surface area contributed by atoms with E-state index >= 15 is 0 Å². The van der Waals surface area contributed by atoms with Gasteiger partial charge in [0.05, 0.1) is 13.2 Å². The minimum atomic E-state index is -3.14. The number of alkyl halides is 2. The predicted molar refractivity (Wildman–Crippen MR) is 147 cm³/mol. The van der Waals surface area contributed by atoms with E-state index in [1.807, 2.05) is 0 Å². The largest absolute Gasteiger partial charge is 0.490 e. The van der Waals surface area contributed by atoms with Gasteiger partial charge in [-0.15, -0.1) is 0 Å². The average molecular weight is 639 g/mol. The molecular formula is C29H30F4N4O8. The quantitative estimate of drug-likeness (QED) is 0.124. The number of rotatable bonds is 15. The van der Waals surface area contributed by atoms with Crippen molar-refractivity contribution in [3.8, 4) is 23.0 Å². The molecule has 0 radical (unpaired) electrons. The van der Waals surface area contributed by atoms with E-state index in [-0.39, 0.29) is 65.1 Å². The smallest absolute Gasteiger partial charge is 0.405 e. The Morgan fingerprint density at radius 1 is 1.13 bits per heavy atom. The molecule has 4 rings (SSSR count). The molecule has 4 N–H and O–H groups in total. The Kier molecular flexibility index (Phi) is 11.2. The Balaban J connectivity index is 1.51. The third-order valence-corrected chi connectivity index (χ3v) is 6.55. The highest BCUT2D eigenvalue weighted by atomic mass is 19.3. The van der Waals surface area contributed by atoms with Crippen LogP contribution in [0.25, 0.3) is 11.5 Å². The van der Waals surface area contributed by atoms with Gasteiger partial charge in [0.15, 0.2) is 29.1 Å². The number of nitrogens with one attached hydrogen (secondary N) is 2. The monoisotopic (exact) mass is 638 g/mol. The molecule has 0 saturated carbocycles. The summed E-state index contributed by atoms with van der Waals surface area (Å²) in [6, 6.07) is 6.34. The standard InChI is InChI=1S/C29H30F4N4O8/c1-15(43-29(34)40)24-23(25(38)36-14-17-4-6-18(30)13-19(17)31)37-26(45-24)16-5-7-21(44-28(32)33)22(12-16)41-10-3-2-9-35-20-8-11-42-27(20)39/h4-7,12-13,15,20,28,35H,2-3,8-11,14H2,1H3,(H2,34,40)(H,36,38)/t15-,20?/m0/s1. The van der Waals surface area contributed by atoms with Crippen molar-refractivity contribution in [3.05, 3.63) is 65.1 Å². The normalized spacial score (nSPS) is 15.1. The highest BCUT2D eigenvalue weighted by Crippen LogP contribution is 2.35. The summed E-state index contributed by atoms with van der Waals surface area (Å²) in [6.07, 6.45) is -0.665. The highest BCUT2D eigenvalue weighted by Gasteiger charge is 2.28. The number of benzene rings is 2. The average Bonchev–Trinajstić information content (AvgIpc) is 3.61. The second-order valence-corrected chi connectivity index (χ2v) is 9.79. The van der Waals surface area contributed by atoms with E-state index in [0.29, 0.717) is 38.5 Å². The Hall–Kier alpha value is -4.86. The van der Waals surface area contributed by atoms with Crippen LogP contribution in [-0.2, 0) is 20.8 Å². The zero-order valence-electron chi connectivity index (χ0n) is 23.9. The van der Waals surface area contributed by atoms with Crippen LogP contribution >= 0.6 is 0 Å². The van der Waals surface area contributed by atoms with Crippen molar-refractivity contribution in [3.63, 3.8) is 0 Å². The summed E-state index contributed by atoms with van der Waals surface area (Å²) in [5, 5.41) is 5.52. The molecular weight excluding hydrogens is 608 g/mol. The minimum Gasteiger partial charge on any atom is -0.490 e. The van der Waals surface area contributed by atoms with Gasteiger partial charge in [0, 0.05) is 30.2 Å². The fourth-order valence-electron chi connectivity index (χ4n) is 4.36. The second kappa shape index (κ2) is 15.2. The lowest BCUT2D eigenvalue weighted by Gasteiger charge is -2.13. The van der Waals surface area contributed by atoms with Gasteiger partial charge in [-0.05, 0) is 50.6 Å². The summed E-state index contributed by atoms with van der Waals surface area (Å²) in [4.78, 5) is 40.2. The summed E-state index contributed by atoms with van der Waals surface area (Å²) in [5.41, 5.74) is 4.95. The molecule has 16 heteroatoms. The van der Waals surface area contributed by atoms with Crippen LogP contribution in [0, 0.1) is 11.6 Å². The molecule has 0 spiro atoms. The number of amides is 2. The Morgan fingerprint density at radius 2 is 1.93 bits per heavy atom. The molecule has 1 aliphatic heterocycles. The van der Waals surface area contributed by atoms with Crippen LogP contribution in [0.4, 0.5) is 22.4 Å². The van der Waals surface area contributed by atoms with Crippen molar-refractivity contribution in [2.45, 2.75) is 51.5 Å². The molecule has 1 fully saturated rings. The van der Waals surface area contributed by atoms with Gasteiger partial charge in [-0.2, -0.15) is 8.78 Å². The second-order valence-electron chi connectivity index (χ2n) is 9.79. The number of cyclic esters (lactones) is 1. The predicted octanol–water partition coefficient (Wildman–Crippen LogP) is 4.37. The van der Waals surface area contributed by atoms with Gasteiger partial charge >= 0.3 is 18.7 Å². The van der Waals surface area contributed by atoms with E-state index in [4.69, 9.17) is 24.4 Å². The molecule has 1 aromatic heterocycles. The molecule has 0 aliphatic carbocycles. The van der Waals surface area contributed by atoms with Crippen LogP contribution in [0.2, 0.25) is 0 Å². The number of ether oxygens (including phenoxy) is 4. The minimum absolute atomic E-state index is 0.00955. The van der Waals surface area contributed by atoms with Gasteiger partial charge in [-0.25, -0.2) is 18.6 Å². The fraction of sp³-hybridized carbons (Fsp3) is 0.379. The van der Waals surface area contributed by atoms with Gasteiger partial charge in [0.2, 0.25) is 5.89 Å². The first-order valence-corrected chi connectivity index (χ1v) is 13.8. The molecule has 0 bridgehead atoms. The maximum absolute atomic E-state index is 14.1. The zero-order chi connectivity index (χ0) is 32.5. The lowest BCUT2D eigenvalue weighted by Crippen LogP contribution is -2.33. The summed E-state index contributed by atoms with van der Waals surface area (Å²) in [7, 11) is 0. The van der Waals surface area contributed by atoms with E-state index < -0.39 is 36.4 Å². The molecule has 2 atom stereocenters. The number of carbonyl (C=O) groups is 3. The van der Waals surface area contributed by atoms with Gasteiger partial charge in [0.25, 0.3) is 5.91 Å². The number of hydrogen-bond acceptors (Lipinski definition) is 10. The molecule has 2 heterocycles. The third kappa shape index (κ3) is 9.07. The Morgan fingerprint density at radius 3 is 2.62 bits per heavy atom. The maximum atomic E-state index is 14.1. The molecule has 3 aromatic rings. The van der Waals surface area contributed by atoms with Gasteiger partial charge in [-0.3, -0.25) is 9.59 Å². The highest BCUT2D eigenvalue weighted by molar-refractivity contribution is 5.94. The number of unbranched alkanes of at least 4 members (excludes halogenated alkanes) is 1. The van der Waals surface area contributed by atoms with Crippen LogP contribution in [0.3, 0.4) is 0 Å². The van der Waals surface area contributed by atoms with E-state index in [9.17, 15) is 31.9 Å². The first kappa shape index (κ1) is 33.0. The van der Waals surface area contributed by atoms with Gasteiger partial charge < -0.3 is 39.7 Å². The third-order valence-electron chi connectivity index (χ3n) is 6.55. The number of halogens is 4. The Labute approximate surface area is 254 Å². The van der Waals surface area contributed by atoms with E-state index in [1.54, 1.807) is 0 Å². The summed E-state index contributed by atoms with van der Waals surface area (Å²) >= 11 is 0. The van der Waals surface area contributed by atoms with Gasteiger partial charge in [0.1, 0.15) is 17.7 Å². The Bertz CT molecular complexity index is 1520. The molecule has 1 unspecified atom stereocenters. The maximum Gasteiger partial charge on any atom is 0.405 e. The molecule has 242 valence electrons. The van der Waals surface area contributed by atoms with Crippen molar-refractivity contribution in [2.75, 3.05) is 19.8 Å². The van der Waals surface area contributed by atoms with Crippen molar-refractivity contribution in [1.82, 2.24) is 15.6 Å². The lowest BCUT2D eigenvalue weighted by molar-refractivity contribution is -0.139. The number of aromatic nitrogens is 1. The topological polar surface area (TPSA) is 164 Å². The van der Waals surface area contributed by atoms with Crippen LogP contribution in [0.15, 0.2) is 40.8 Å².